The quantitative estimate of drug-likeness (QED) is 0.497. The Hall–Kier alpha value is -0.220. The lowest BCUT2D eigenvalue weighted by Crippen LogP contribution is -2.24. The van der Waals surface area contributed by atoms with Gasteiger partial charge in [-0.2, -0.15) is 0 Å². The van der Waals surface area contributed by atoms with E-state index >= 15 is 0 Å². The van der Waals surface area contributed by atoms with Crippen molar-refractivity contribution >= 4 is 28.3 Å². The predicted molar refractivity (Wildman–Crippen MR) is 54.9 cm³/mol. The van der Waals surface area contributed by atoms with Crippen LogP contribution in [-0.2, 0) is 4.74 Å². The van der Waals surface area contributed by atoms with Crippen LogP contribution in [0.5, 0.6) is 0 Å². The SMILES string of the molecule is C=C(CN(C)C(=S)SC)OC. The molecule has 0 bridgehead atoms. The molecular weight excluding hydrogens is 178 g/mol. The van der Waals surface area contributed by atoms with Gasteiger partial charge < -0.3 is 9.64 Å². The smallest absolute Gasteiger partial charge is 0.136 e. The van der Waals surface area contributed by atoms with Gasteiger partial charge in [0.2, 0.25) is 0 Å². The van der Waals surface area contributed by atoms with Crippen molar-refractivity contribution in [2.45, 2.75) is 0 Å². The van der Waals surface area contributed by atoms with Crippen LogP contribution in [-0.4, -0.2) is 36.2 Å². The van der Waals surface area contributed by atoms with Gasteiger partial charge in [-0.1, -0.05) is 18.8 Å². The molecule has 0 aliphatic rings. The third kappa shape index (κ3) is 4.27. The summed E-state index contributed by atoms with van der Waals surface area (Å²) < 4.78 is 5.76. The van der Waals surface area contributed by atoms with Crippen molar-refractivity contribution < 1.29 is 4.74 Å². The molecule has 0 saturated carbocycles. The maximum Gasteiger partial charge on any atom is 0.136 e. The molecule has 0 aromatic rings. The summed E-state index contributed by atoms with van der Waals surface area (Å²) in [4.78, 5) is 1.92. The van der Waals surface area contributed by atoms with Gasteiger partial charge in [0, 0.05) is 7.05 Å². The molecule has 2 nitrogen and oxygen atoms in total. The number of thioether (sulfide) groups is 1. The summed E-state index contributed by atoms with van der Waals surface area (Å²) >= 11 is 6.58. The monoisotopic (exact) mass is 191 g/mol. The molecule has 0 aliphatic carbocycles. The Morgan fingerprint density at radius 3 is 2.64 bits per heavy atom. The zero-order chi connectivity index (χ0) is 8.85. The third-order valence-corrected chi connectivity index (χ3v) is 2.66. The van der Waals surface area contributed by atoms with Crippen LogP contribution in [0.25, 0.3) is 0 Å². The summed E-state index contributed by atoms with van der Waals surface area (Å²) in [7, 11) is 3.53. The molecule has 0 rings (SSSR count). The van der Waals surface area contributed by atoms with Crippen LogP contribution in [0.2, 0.25) is 0 Å². The molecule has 0 heterocycles. The van der Waals surface area contributed by atoms with E-state index in [0.717, 1.165) is 10.1 Å². The van der Waals surface area contributed by atoms with Crippen molar-refractivity contribution in [3.05, 3.63) is 12.3 Å². The minimum atomic E-state index is 0.663. The van der Waals surface area contributed by atoms with Gasteiger partial charge in [-0.25, -0.2) is 0 Å². The molecule has 0 atom stereocenters. The van der Waals surface area contributed by atoms with Crippen molar-refractivity contribution in [2.24, 2.45) is 0 Å². The molecule has 0 amide bonds. The first-order valence-electron chi connectivity index (χ1n) is 3.12. The summed E-state index contributed by atoms with van der Waals surface area (Å²) in [5, 5.41) is 0. The van der Waals surface area contributed by atoms with Gasteiger partial charge in [0.05, 0.1) is 13.7 Å². The van der Waals surface area contributed by atoms with Crippen molar-refractivity contribution in [3.8, 4) is 0 Å². The molecule has 0 aliphatic heterocycles. The highest BCUT2D eigenvalue weighted by Crippen LogP contribution is 2.04. The van der Waals surface area contributed by atoms with E-state index in [4.69, 9.17) is 17.0 Å². The standard InChI is InChI=1S/C7H13NOS2/c1-6(9-3)5-8(2)7(10)11-4/h1,5H2,2-4H3. The van der Waals surface area contributed by atoms with E-state index in [0.29, 0.717) is 6.54 Å². The van der Waals surface area contributed by atoms with E-state index in [1.165, 1.54) is 0 Å². The minimum Gasteiger partial charge on any atom is -0.500 e. The van der Waals surface area contributed by atoms with Crippen molar-refractivity contribution in [1.82, 2.24) is 4.90 Å². The Morgan fingerprint density at radius 1 is 1.73 bits per heavy atom. The number of hydrogen-bond acceptors (Lipinski definition) is 3. The summed E-state index contributed by atoms with van der Waals surface area (Å²) in [5.74, 6) is 0.726. The van der Waals surface area contributed by atoms with Gasteiger partial charge in [-0.15, -0.1) is 11.8 Å². The van der Waals surface area contributed by atoms with Crippen LogP contribution in [0.15, 0.2) is 12.3 Å². The van der Waals surface area contributed by atoms with Crippen LogP contribution < -0.4 is 0 Å². The van der Waals surface area contributed by atoms with E-state index in [1.807, 2.05) is 18.2 Å². The van der Waals surface area contributed by atoms with E-state index in [2.05, 4.69) is 6.58 Å². The fraction of sp³-hybridized carbons (Fsp3) is 0.571. The largest absolute Gasteiger partial charge is 0.500 e. The molecule has 0 radical (unpaired) electrons. The molecule has 64 valence electrons. The van der Waals surface area contributed by atoms with Crippen LogP contribution in [0.1, 0.15) is 0 Å². The highest BCUT2D eigenvalue weighted by molar-refractivity contribution is 8.22. The Kier molecular flexibility index (Phi) is 5.32. The topological polar surface area (TPSA) is 12.5 Å². The first-order chi connectivity index (χ1) is 5.11. The number of ether oxygens (including phenoxy) is 1. The summed E-state index contributed by atoms with van der Waals surface area (Å²) in [6.07, 6.45) is 1.95. The van der Waals surface area contributed by atoms with Gasteiger partial charge >= 0.3 is 0 Å². The number of rotatable bonds is 3. The first kappa shape index (κ1) is 10.8. The fourth-order valence-electron chi connectivity index (χ4n) is 0.549. The normalized spacial score (nSPS) is 9.00. The minimum absolute atomic E-state index is 0.663. The third-order valence-electron chi connectivity index (χ3n) is 1.19. The average molecular weight is 191 g/mol. The van der Waals surface area contributed by atoms with Crippen LogP contribution >= 0.6 is 24.0 Å². The number of nitrogens with zero attached hydrogens (tertiary/aromatic N) is 1. The van der Waals surface area contributed by atoms with E-state index in [1.54, 1.807) is 18.9 Å². The highest BCUT2D eigenvalue weighted by Gasteiger charge is 2.03. The zero-order valence-electron chi connectivity index (χ0n) is 7.09. The summed E-state index contributed by atoms with van der Waals surface area (Å²) in [6.45, 7) is 4.36. The van der Waals surface area contributed by atoms with Gasteiger partial charge in [0.25, 0.3) is 0 Å². The van der Waals surface area contributed by atoms with Gasteiger partial charge in [0.1, 0.15) is 10.1 Å². The molecule has 0 fully saturated rings. The molecule has 0 unspecified atom stereocenters. The molecule has 4 heteroatoms. The number of likely N-dealkylation sites (N-methyl/N-ethyl adjacent to an activating group) is 1. The van der Waals surface area contributed by atoms with Crippen molar-refractivity contribution in [3.63, 3.8) is 0 Å². The van der Waals surface area contributed by atoms with Crippen molar-refractivity contribution in [1.29, 1.82) is 0 Å². The van der Waals surface area contributed by atoms with E-state index < -0.39 is 0 Å². The second-order valence-electron chi connectivity index (χ2n) is 2.07. The Labute approximate surface area is 77.6 Å². The van der Waals surface area contributed by atoms with E-state index in [9.17, 15) is 0 Å². The number of thiocarbonyl (C=S) groups is 1. The summed E-state index contributed by atoms with van der Waals surface area (Å²) in [6, 6.07) is 0. The van der Waals surface area contributed by atoms with Crippen LogP contribution in [0, 0.1) is 0 Å². The lowest BCUT2D eigenvalue weighted by Gasteiger charge is -2.18. The Morgan fingerprint density at radius 2 is 2.27 bits per heavy atom. The van der Waals surface area contributed by atoms with Crippen LogP contribution in [0.3, 0.4) is 0 Å². The second-order valence-corrected chi connectivity index (χ2v) is 3.51. The molecular formula is C7H13NOS2. The predicted octanol–water partition coefficient (Wildman–Crippen LogP) is 1.73. The van der Waals surface area contributed by atoms with Crippen molar-refractivity contribution in [2.75, 3.05) is 27.0 Å². The first-order valence-corrected chi connectivity index (χ1v) is 4.76. The Balaban J connectivity index is 3.77. The van der Waals surface area contributed by atoms with E-state index in [-0.39, 0.29) is 0 Å². The molecule has 11 heavy (non-hydrogen) atoms. The summed E-state index contributed by atoms with van der Waals surface area (Å²) in [5.41, 5.74) is 0. The zero-order valence-corrected chi connectivity index (χ0v) is 8.72. The highest BCUT2D eigenvalue weighted by atomic mass is 32.2. The number of methoxy groups -OCH3 is 1. The number of hydrogen-bond donors (Lipinski definition) is 0. The average Bonchev–Trinajstić information content (AvgIpc) is 2.02. The maximum absolute atomic E-state index is 5.04. The van der Waals surface area contributed by atoms with Gasteiger partial charge in [-0.3, -0.25) is 0 Å². The molecule has 0 aromatic carbocycles. The molecule has 0 N–H and O–H groups in total. The second kappa shape index (κ2) is 5.43. The van der Waals surface area contributed by atoms with Gasteiger partial charge in [0.15, 0.2) is 0 Å². The Bertz CT molecular complexity index is 159. The molecule has 0 saturated heterocycles. The molecule has 0 spiro atoms. The maximum atomic E-state index is 5.04. The fourth-order valence-corrected chi connectivity index (χ4v) is 0.990. The molecule has 0 aromatic heterocycles. The van der Waals surface area contributed by atoms with Gasteiger partial charge in [-0.05, 0) is 6.26 Å². The van der Waals surface area contributed by atoms with Crippen LogP contribution in [0.4, 0.5) is 0 Å². The lowest BCUT2D eigenvalue weighted by atomic mass is 10.5. The lowest BCUT2D eigenvalue weighted by molar-refractivity contribution is 0.266.